The van der Waals surface area contributed by atoms with Gasteiger partial charge in [-0.3, -0.25) is 19.3 Å². The number of urea groups is 1. The van der Waals surface area contributed by atoms with Gasteiger partial charge in [0.2, 0.25) is 5.91 Å². The molecule has 3 fully saturated rings. The first-order valence-electron chi connectivity index (χ1n) is 13.1. The lowest BCUT2D eigenvalue weighted by atomic mass is 9.66. The zero-order chi connectivity index (χ0) is 28.1. The number of carbonyl (C=O) groups excluding carboxylic acids is 3. The standard InChI is InChI=1S/C29H31Cl2N3O5/c1-28(15-25(36)37)13-22(17-4-3-5-21(31)12-17)23(32-26(28)38)14-29(18-6-7-18,19-8-10-20(30)11-9-19)34-24(35)16-33(2)27(34)39/h3-5,8-12,18,22-23H,6-7,13-16H2,1-2H3,(H,32,38)(H,36,37)/t22-,23+,28+,29+/m1/s1. The van der Waals surface area contributed by atoms with Crippen LogP contribution in [0.15, 0.2) is 48.5 Å². The van der Waals surface area contributed by atoms with Gasteiger partial charge in [-0.05, 0) is 67.0 Å². The minimum absolute atomic E-state index is 0.00215. The summed E-state index contributed by atoms with van der Waals surface area (Å²) in [6.07, 6.45) is 1.88. The molecule has 0 spiro atoms. The van der Waals surface area contributed by atoms with Gasteiger partial charge in [-0.1, -0.05) is 54.4 Å². The van der Waals surface area contributed by atoms with Gasteiger partial charge in [0.25, 0.3) is 5.91 Å². The summed E-state index contributed by atoms with van der Waals surface area (Å²) in [4.78, 5) is 54.9. The molecule has 0 aromatic heterocycles. The molecule has 39 heavy (non-hydrogen) atoms. The second kappa shape index (κ2) is 10.1. The maximum absolute atomic E-state index is 13.5. The quantitative estimate of drug-likeness (QED) is 0.432. The number of benzene rings is 2. The average Bonchev–Trinajstić information content (AvgIpc) is 3.68. The Morgan fingerprint density at radius 2 is 1.79 bits per heavy atom. The third-order valence-corrected chi connectivity index (χ3v) is 8.99. The number of rotatable bonds is 8. The van der Waals surface area contributed by atoms with Crippen LogP contribution in [0.3, 0.4) is 0 Å². The summed E-state index contributed by atoms with van der Waals surface area (Å²) in [6, 6.07) is 13.7. The molecule has 0 radical (unpaired) electrons. The first-order chi connectivity index (χ1) is 18.4. The Hall–Kier alpha value is -3.10. The van der Waals surface area contributed by atoms with E-state index in [0.29, 0.717) is 10.0 Å². The number of likely N-dealkylation sites (N-methyl/N-ethyl adjacent to an activating group) is 1. The number of piperidine rings is 1. The van der Waals surface area contributed by atoms with Crippen LogP contribution < -0.4 is 5.32 Å². The fourth-order valence-corrected chi connectivity index (χ4v) is 6.82. The van der Waals surface area contributed by atoms with Crippen molar-refractivity contribution in [1.29, 1.82) is 0 Å². The molecule has 2 heterocycles. The second-order valence-electron chi connectivity index (χ2n) is 11.4. The third kappa shape index (κ3) is 5.00. The lowest BCUT2D eigenvalue weighted by Gasteiger charge is -2.48. The van der Waals surface area contributed by atoms with Crippen LogP contribution in [0.4, 0.5) is 4.79 Å². The smallest absolute Gasteiger partial charge is 0.327 e. The Kier molecular flexibility index (Phi) is 7.14. The zero-order valence-corrected chi connectivity index (χ0v) is 23.3. The minimum Gasteiger partial charge on any atom is -0.481 e. The van der Waals surface area contributed by atoms with Gasteiger partial charge in [0.15, 0.2) is 0 Å². The van der Waals surface area contributed by atoms with Crippen LogP contribution in [-0.4, -0.2) is 58.4 Å². The monoisotopic (exact) mass is 571 g/mol. The highest BCUT2D eigenvalue weighted by molar-refractivity contribution is 6.30. The van der Waals surface area contributed by atoms with Gasteiger partial charge in [-0.15, -0.1) is 0 Å². The Morgan fingerprint density at radius 1 is 1.10 bits per heavy atom. The van der Waals surface area contributed by atoms with Gasteiger partial charge in [0.05, 0.1) is 17.4 Å². The van der Waals surface area contributed by atoms with Gasteiger partial charge in [0.1, 0.15) is 6.54 Å². The van der Waals surface area contributed by atoms with E-state index in [2.05, 4.69) is 5.32 Å². The molecule has 5 rings (SSSR count). The summed E-state index contributed by atoms with van der Waals surface area (Å²) in [7, 11) is 1.61. The molecule has 4 atom stereocenters. The van der Waals surface area contributed by atoms with Crippen LogP contribution in [0.5, 0.6) is 0 Å². The van der Waals surface area contributed by atoms with Crippen molar-refractivity contribution < 1.29 is 24.3 Å². The third-order valence-electron chi connectivity index (χ3n) is 8.51. The van der Waals surface area contributed by atoms with Crippen LogP contribution in [0.1, 0.15) is 56.1 Å². The number of amides is 4. The van der Waals surface area contributed by atoms with E-state index in [1.54, 1.807) is 32.2 Å². The number of aliphatic carboxylic acids is 1. The Balaban J connectivity index is 1.64. The molecule has 2 saturated heterocycles. The number of carbonyl (C=O) groups is 4. The first kappa shape index (κ1) is 27.5. The van der Waals surface area contributed by atoms with Gasteiger partial charge >= 0.3 is 12.0 Å². The molecular weight excluding hydrogens is 541 g/mol. The first-order valence-corrected chi connectivity index (χ1v) is 13.8. The molecule has 0 bridgehead atoms. The summed E-state index contributed by atoms with van der Waals surface area (Å²) in [5.74, 6) is -2.00. The van der Waals surface area contributed by atoms with E-state index in [1.807, 2.05) is 30.3 Å². The summed E-state index contributed by atoms with van der Waals surface area (Å²) >= 11 is 12.6. The molecule has 2 aromatic rings. The molecule has 2 aromatic carbocycles. The van der Waals surface area contributed by atoms with E-state index in [-0.39, 0.29) is 55.5 Å². The maximum Gasteiger partial charge on any atom is 0.327 e. The molecule has 1 aliphatic carbocycles. The van der Waals surface area contributed by atoms with Gasteiger partial charge in [-0.25, -0.2) is 4.79 Å². The lowest BCUT2D eigenvalue weighted by molar-refractivity contribution is -0.148. The van der Waals surface area contributed by atoms with Crippen molar-refractivity contribution in [2.45, 2.75) is 56.5 Å². The summed E-state index contributed by atoms with van der Waals surface area (Å²) < 4.78 is 0. The van der Waals surface area contributed by atoms with Crippen molar-refractivity contribution >= 4 is 47.0 Å². The van der Waals surface area contributed by atoms with E-state index in [4.69, 9.17) is 23.2 Å². The normalized spacial score (nSPS) is 26.9. The minimum atomic E-state index is -1.14. The summed E-state index contributed by atoms with van der Waals surface area (Å²) in [5, 5.41) is 13.8. The summed E-state index contributed by atoms with van der Waals surface area (Å²) in [5.41, 5.74) is -0.513. The molecule has 0 unspecified atom stereocenters. The fourth-order valence-electron chi connectivity index (χ4n) is 6.50. The molecule has 4 amide bonds. The van der Waals surface area contributed by atoms with Crippen molar-refractivity contribution in [2.24, 2.45) is 11.3 Å². The number of nitrogens with zero attached hydrogens (tertiary/aromatic N) is 2. The molecule has 206 valence electrons. The lowest BCUT2D eigenvalue weighted by Crippen LogP contribution is -2.60. The van der Waals surface area contributed by atoms with Gasteiger partial charge < -0.3 is 15.3 Å². The molecule has 2 N–H and O–H groups in total. The highest BCUT2D eigenvalue weighted by Crippen LogP contribution is 2.55. The van der Waals surface area contributed by atoms with E-state index in [9.17, 15) is 24.3 Å². The zero-order valence-electron chi connectivity index (χ0n) is 21.8. The van der Waals surface area contributed by atoms with Crippen molar-refractivity contribution in [3.63, 3.8) is 0 Å². The topological polar surface area (TPSA) is 107 Å². The SMILES string of the molecule is CN1CC(=O)N([C@](C[C@@H]2NC(=O)[C@](C)(CC(=O)O)C[C@@H]2c2cccc(Cl)c2)(c2ccc(Cl)cc2)C2CC2)C1=O. The highest BCUT2D eigenvalue weighted by Gasteiger charge is 2.59. The van der Waals surface area contributed by atoms with Crippen LogP contribution >= 0.6 is 23.2 Å². The Bertz CT molecular complexity index is 1330. The molecule has 8 nitrogen and oxygen atoms in total. The van der Waals surface area contributed by atoms with Crippen molar-refractivity contribution in [3.8, 4) is 0 Å². The van der Waals surface area contributed by atoms with Crippen molar-refractivity contribution in [3.05, 3.63) is 69.7 Å². The van der Waals surface area contributed by atoms with Crippen LogP contribution in [0.25, 0.3) is 0 Å². The van der Waals surface area contributed by atoms with E-state index in [1.165, 1.54) is 9.80 Å². The van der Waals surface area contributed by atoms with Crippen LogP contribution in [0.2, 0.25) is 10.0 Å². The van der Waals surface area contributed by atoms with E-state index in [0.717, 1.165) is 24.0 Å². The molecule has 10 heteroatoms. The number of carboxylic acids is 1. The molecular formula is C29H31Cl2N3O5. The molecule has 3 aliphatic rings. The Morgan fingerprint density at radius 3 is 2.36 bits per heavy atom. The number of carboxylic acid groups (broad SMARTS) is 1. The number of hydrogen-bond acceptors (Lipinski definition) is 4. The highest BCUT2D eigenvalue weighted by atomic mass is 35.5. The number of nitrogens with one attached hydrogen (secondary N) is 1. The Labute approximate surface area is 237 Å². The predicted octanol–water partition coefficient (Wildman–Crippen LogP) is 5.04. The van der Waals surface area contributed by atoms with E-state index >= 15 is 0 Å². The molecule has 2 aliphatic heterocycles. The van der Waals surface area contributed by atoms with Crippen molar-refractivity contribution in [1.82, 2.24) is 15.1 Å². The number of hydrogen-bond donors (Lipinski definition) is 2. The fraction of sp³-hybridized carbons (Fsp3) is 0.448. The van der Waals surface area contributed by atoms with Gasteiger partial charge in [0, 0.05) is 29.1 Å². The number of imide groups is 1. The average molecular weight is 572 g/mol. The summed E-state index contributed by atoms with van der Waals surface area (Å²) in [6.45, 7) is 1.65. The predicted molar refractivity (Wildman–Crippen MR) is 146 cm³/mol. The van der Waals surface area contributed by atoms with Crippen LogP contribution in [0, 0.1) is 11.3 Å². The maximum atomic E-state index is 13.5. The largest absolute Gasteiger partial charge is 0.481 e. The second-order valence-corrected chi connectivity index (χ2v) is 12.2. The van der Waals surface area contributed by atoms with E-state index < -0.39 is 23.0 Å². The van der Waals surface area contributed by atoms with Gasteiger partial charge in [-0.2, -0.15) is 0 Å². The molecule has 1 saturated carbocycles. The van der Waals surface area contributed by atoms with Crippen molar-refractivity contribution in [2.75, 3.05) is 13.6 Å². The van der Waals surface area contributed by atoms with Crippen LogP contribution in [-0.2, 0) is 19.9 Å². The number of halogens is 2.